The molecule has 3 rings (SSSR count). The number of ether oxygens (including phenoxy) is 1. The summed E-state index contributed by atoms with van der Waals surface area (Å²) in [7, 11) is 0. The number of halogens is 2. The normalized spacial score (nSPS) is 19.1. The van der Waals surface area contributed by atoms with Crippen LogP contribution in [0.5, 0.6) is 5.75 Å². The maximum Gasteiger partial charge on any atom is 0.339 e. The third-order valence-corrected chi connectivity index (χ3v) is 6.13. The summed E-state index contributed by atoms with van der Waals surface area (Å²) < 4.78 is 18.8. The number of hydrogen-bond acceptors (Lipinski definition) is 4. The molecule has 1 heterocycles. The molecule has 2 unspecified atom stereocenters. The minimum atomic E-state index is -1.16. The number of rotatable bonds is 8. The molecule has 8 heteroatoms. The lowest BCUT2D eigenvalue weighted by molar-refractivity contribution is -0.140. The number of benzene rings is 2. The third-order valence-electron chi connectivity index (χ3n) is 5.89. The molecule has 1 aliphatic heterocycles. The molecule has 32 heavy (non-hydrogen) atoms. The van der Waals surface area contributed by atoms with Gasteiger partial charge in [-0.3, -0.25) is 9.69 Å². The number of carboxylic acids is 1. The molecular weight excluding hydrogens is 435 g/mol. The molecule has 2 aromatic carbocycles. The Bertz CT molecular complexity index is 954. The fraction of sp³-hybridized carbons (Fsp3) is 0.417. The number of nitrogens with zero attached hydrogens (tertiary/aromatic N) is 2. The molecule has 0 bridgehead atoms. The highest BCUT2D eigenvalue weighted by Crippen LogP contribution is 2.25. The number of carbonyl (C=O) groups excluding carboxylic acids is 1. The lowest BCUT2D eigenvalue weighted by Crippen LogP contribution is -2.59. The van der Waals surface area contributed by atoms with E-state index < -0.39 is 5.97 Å². The Kier molecular flexibility index (Phi) is 8.10. The van der Waals surface area contributed by atoms with E-state index in [1.54, 1.807) is 12.1 Å². The molecule has 1 saturated heterocycles. The average molecular weight is 463 g/mol. The van der Waals surface area contributed by atoms with Crippen LogP contribution >= 0.6 is 11.6 Å². The number of hydrogen-bond donors (Lipinski definition) is 1. The van der Waals surface area contributed by atoms with Gasteiger partial charge < -0.3 is 14.7 Å². The van der Waals surface area contributed by atoms with Gasteiger partial charge in [0.2, 0.25) is 0 Å². The van der Waals surface area contributed by atoms with Crippen LogP contribution in [-0.4, -0.2) is 58.6 Å². The highest BCUT2D eigenvalue weighted by atomic mass is 35.5. The van der Waals surface area contributed by atoms with Crippen molar-refractivity contribution in [2.24, 2.45) is 0 Å². The zero-order valence-electron chi connectivity index (χ0n) is 18.3. The van der Waals surface area contributed by atoms with E-state index in [9.17, 15) is 19.1 Å². The van der Waals surface area contributed by atoms with Crippen LogP contribution in [0.4, 0.5) is 4.39 Å². The summed E-state index contributed by atoms with van der Waals surface area (Å²) in [6.45, 7) is 5.84. The van der Waals surface area contributed by atoms with Gasteiger partial charge in [0.05, 0.1) is 0 Å². The topological polar surface area (TPSA) is 70.1 Å². The van der Waals surface area contributed by atoms with Crippen LogP contribution < -0.4 is 4.74 Å². The first-order valence-electron chi connectivity index (χ1n) is 10.8. The molecule has 1 fully saturated rings. The Morgan fingerprint density at radius 1 is 1.09 bits per heavy atom. The SMILES string of the molecule is CCC1CN(C(=O)COc2ccc(Cl)cc2C(=O)O)C(CC)CN1Cc1ccc(F)cc1. The summed E-state index contributed by atoms with van der Waals surface area (Å²) in [6, 6.07) is 11.0. The van der Waals surface area contributed by atoms with Gasteiger partial charge in [-0.2, -0.15) is 0 Å². The van der Waals surface area contributed by atoms with Gasteiger partial charge in [0.1, 0.15) is 17.1 Å². The average Bonchev–Trinajstić information content (AvgIpc) is 2.79. The van der Waals surface area contributed by atoms with Crippen molar-refractivity contribution in [3.63, 3.8) is 0 Å². The van der Waals surface area contributed by atoms with Crippen LogP contribution in [0.15, 0.2) is 42.5 Å². The van der Waals surface area contributed by atoms with Gasteiger partial charge in [-0.15, -0.1) is 0 Å². The fourth-order valence-electron chi connectivity index (χ4n) is 4.09. The molecule has 0 saturated carbocycles. The third kappa shape index (κ3) is 5.78. The van der Waals surface area contributed by atoms with E-state index in [4.69, 9.17) is 16.3 Å². The second kappa shape index (κ2) is 10.8. The Morgan fingerprint density at radius 3 is 2.41 bits per heavy atom. The first kappa shape index (κ1) is 24.0. The Labute approximate surface area is 192 Å². The quantitative estimate of drug-likeness (QED) is 0.627. The van der Waals surface area contributed by atoms with Gasteiger partial charge in [0.25, 0.3) is 5.91 Å². The predicted molar refractivity (Wildman–Crippen MR) is 121 cm³/mol. The summed E-state index contributed by atoms with van der Waals surface area (Å²) in [6.07, 6.45) is 1.64. The minimum absolute atomic E-state index is 0.0125. The fourth-order valence-corrected chi connectivity index (χ4v) is 4.26. The standard InChI is InChI=1S/C24H28ClFN2O4/c1-3-19-14-28(20(4-2)13-27(19)12-16-5-8-18(26)9-6-16)23(29)15-32-22-10-7-17(25)11-21(22)24(30)31/h5-11,19-20H,3-4,12-15H2,1-2H3,(H,30,31). The van der Waals surface area contributed by atoms with Crippen molar-refractivity contribution in [3.8, 4) is 5.75 Å². The van der Waals surface area contributed by atoms with Crippen LogP contribution in [0.1, 0.15) is 42.6 Å². The maximum atomic E-state index is 13.2. The number of aromatic carboxylic acids is 1. The summed E-state index contributed by atoms with van der Waals surface area (Å²) in [4.78, 5) is 28.6. The Morgan fingerprint density at radius 2 is 1.78 bits per heavy atom. The first-order chi connectivity index (χ1) is 15.3. The van der Waals surface area contributed by atoms with Crippen molar-refractivity contribution in [2.75, 3.05) is 19.7 Å². The molecule has 0 aliphatic carbocycles. The van der Waals surface area contributed by atoms with Gasteiger partial charge >= 0.3 is 5.97 Å². The van der Waals surface area contributed by atoms with Gasteiger partial charge in [-0.05, 0) is 48.7 Å². The molecule has 172 valence electrons. The van der Waals surface area contributed by atoms with Gasteiger partial charge in [0, 0.05) is 36.7 Å². The maximum absolute atomic E-state index is 13.2. The van der Waals surface area contributed by atoms with Gasteiger partial charge in [0.15, 0.2) is 6.61 Å². The molecular formula is C24H28ClFN2O4. The zero-order chi connectivity index (χ0) is 23.3. The van der Waals surface area contributed by atoms with E-state index in [1.165, 1.54) is 30.3 Å². The molecule has 0 spiro atoms. The van der Waals surface area contributed by atoms with Crippen molar-refractivity contribution < 1.29 is 23.8 Å². The highest BCUT2D eigenvalue weighted by molar-refractivity contribution is 6.31. The molecule has 2 atom stereocenters. The van der Waals surface area contributed by atoms with Crippen molar-refractivity contribution >= 4 is 23.5 Å². The monoisotopic (exact) mass is 462 g/mol. The highest BCUT2D eigenvalue weighted by Gasteiger charge is 2.34. The summed E-state index contributed by atoms with van der Waals surface area (Å²) in [5.41, 5.74) is 0.958. The van der Waals surface area contributed by atoms with Crippen LogP contribution in [0.25, 0.3) is 0 Å². The summed E-state index contributed by atoms with van der Waals surface area (Å²) >= 11 is 5.88. The zero-order valence-corrected chi connectivity index (χ0v) is 19.0. The molecule has 1 amide bonds. The first-order valence-corrected chi connectivity index (χ1v) is 11.1. The van der Waals surface area contributed by atoms with E-state index in [0.717, 1.165) is 18.4 Å². The molecule has 1 aliphatic rings. The molecule has 0 radical (unpaired) electrons. The Hall–Kier alpha value is -2.64. The number of piperazine rings is 1. The number of carboxylic acid groups (broad SMARTS) is 1. The smallest absolute Gasteiger partial charge is 0.339 e. The van der Waals surface area contributed by atoms with Crippen molar-refractivity contribution in [1.29, 1.82) is 0 Å². The minimum Gasteiger partial charge on any atom is -0.483 e. The molecule has 2 aromatic rings. The van der Waals surface area contributed by atoms with Crippen LogP contribution in [-0.2, 0) is 11.3 Å². The largest absolute Gasteiger partial charge is 0.483 e. The molecule has 6 nitrogen and oxygen atoms in total. The predicted octanol–water partition coefficient (Wildman–Crippen LogP) is 4.46. The summed E-state index contributed by atoms with van der Waals surface area (Å²) in [5, 5.41) is 9.64. The van der Waals surface area contributed by atoms with Gasteiger partial charge in [-0.1, -0.05) is 37.6 Å². The lowest BCUT2D eigenvalue weighted by atomic mass is 10.0. The lowest BCUT2D eigenvalue weighted by Gasteiger charge is -2.46. The van der Waals surface area contributed by atoms with E-state index >= 15 is 0 Å². The van der Waals surface area contributed by atoms with Crippen molar-refractivity contribution in [3.05, 3.63) is 64.4 Å². The second-order valence-corrected chi connectivity index (χ2v) is 8.40. The summed E-state index contributed by atoms with van der Waals surface area (Å²) in [5.74, 6) is -1.48. The second-order valence-electron chi connectivity index (χ2n) is 7.96. The van der Waals surface area contributed by atoms with Crippen molar-refractivity contribution in [2.45, 2.75) is 45.3 Å². The van der Waals surface area contributed by atoms with Crippen molar-refractivity contribution in [1.82, 2.24) is 9.80 Å². The van der Waals surface area contributed by atoms with Crippen LogP contribution in [0.3, 0.4) is 0 Å². The number of carbonyl (C=O) groups is 2. The van der Waals surface area contributed by atoms with Crippen LogP contribution in [0, 0.1) is 5.82 Å². The van der Waals surface area contributed by atoms with E-state index in [2.05, 4.69) is 11.8 Å². The Balaban J connectivity index is 1.68. The van der Waals surface area contributed by atoms with Gasteiger partial charge in [-0.25, -0.2) is 9.18 Å². The molecule has 1 N–H and O–H groups in total. The van der Waals surface area contributed by atoms with E-state index in [-0.39, 0.29) is 46.8 Å². The molecule has 0 aromatic heterocycles. The van der Waals surface area contributed by atoms with Crippen LogP contribution in [0.2, 0.25) is 5.02 Å². The number of amides is 1. The van der Waals surface area contributed by atoms with E-state index in [0.29, 0.717) is 19.6 Å². The van der Waals surface area contributed by atoms with E-state index in [1.807, 2.05) is 11.8 Å².